The van der Waals surface area contributed by atoms with Crippen LogP contribution < -0.4 is 4.90 Å². The van der Waals surface area contributed by atoms with E-state index in [1.165, 1.54) is 11.3 Å². The lowest BCUT2D eigenvalue weighted by atomic mass is 10.2. The highest BCUT2D eigenvalue weighted by atomic mass is 32.1. The molecule has 0 aliphatic heterocycles. The number of rotatable bonds is 3. The van der Waals surface area contributed by atoms with E-state index in [0.29, 0.717) is 12.2 Å². The van der Waals surface area contributed by atoms with Gasteiger partial charge in [-0.2, -0.15) is 0 Å². The zero-order chi connectivity index (χ0) is 14.1. The Bertz CT molecular complexity index is 731. The Morgan fingerprint density at radius 2 is 2.10 bits per heavy atom. The monoisotopic (exact) mass is 303 g/mol. The Hall–Kier alpha value is -1.85. The van der Waals surface area contributed by atoms with E-state index < -0.39 is 0 Å². The molecule has 0 radical (unpaired) electrons. The number of thiophene rings is 2. The van der Waals surface area contributed by atoms with Crippen molar-refractivity contribution in [3.05, 3.63) is 46.7 Å². The van der Waals surface area contributed by atoms with Gasteiger partial charge in [-0.3, -0.25) is 4.79 Å². The van der Waals surface area contributed by atoms with Crippen LogP contribution in [0.25, 0.3) is 9.40 Å². The Morgan fingerprint density at radius 1 is 1.25 bits per heavy atom. The smallest absolute Gasteiger partial charge is 0.268 e. The average molecular weight is 303 g/mol. The first-order chi connectivity index (χ1) is 9.69. The van der Waals surface area contributed by atoms with E-state index in [-0.39, 0.29) is 11.7 Å². The first-order valence-corrected chi connectivity index (χ1v) is 7.96. The van der Waals surface area contributed by atoms with E-state index in [9.17, 15) is 9.90 Å². The summed E-state index contributed by atoms with van der Waals surface area (Å²) < 4.78 is 2.29. The third-order valence-electron chi connectivity index (χ3n) is 3.05. The third-order valence-corrected chi connectivity index (χ3v) is 5.13. The van der Waals surface area contributed by atoms with Gasteiger partial charge in [0.2, 0.25) is 0 Å². The summed E-state index contributed by atoms with van der Waals surface area (Å²) in [4.78, 5) is 15.0. The van der Waals surface area contributed by atoms with Crippen molar-refractivity contribution in [3.63, 3.8) is 0 Å². The van der Waals surface area contributed by atoms with Crippen molar-refractivity contribution in [3.8, 4) is 5.75 Å². The fourth-order valence-corrected chi connectivity index (χ4v) is 4.17. The zero-order valence-corrected chi connectivity index (χ0v) is 12.5. The van der Waals surface area contributed by atoms with Crippen LogP contribution in [-0.2, 0) is 0 Å². The summed E-state index contributed by atoms with van der Waals surface area (Å²) in [6.07, 6.45) is 0. The Kier molecular flexibility index (Phi) is 3.46. The van der Waals surface area contributed by atoms with Crippen molar-refractivity contribution < 1.29 is 9.90 Å². The van der Waals surface area contributed by atoms with Gasteiger partial charge in [-0.05, 0) is 36.6 Å². The highest BCUT2D eigenvalue weighted by molar-refractivity contribution is 7.27. The van der Waals surface area contributed by atoms with Crippen LogP contribution in [0.3, 0.4) is 0 Å². The summed E-state index contributed by atoms with van der Waals surface area (Å²) in [5.41, 5.74) is 0.717. The quantitative estimate of drug-likeness (QED) is 0.782. The Morgan fingerprint density at radius 3 is 2.80 bits per heavy atom. The molecule has 2 aromatic heterocycles. The molecule has 0 atom stereocenters. The molecule has 20 heavy (non-hydrogen) atoms. The predicted octanol–water partition coefficient (Wildman–Crippen LogP) is 4.34. The minimum Gasteiger partial charge on any atom is -0.508 e. The Balaban J connectivity index is 1.96. The number of anilines is 1. The second kappa shape index (κ2) is 5.26. The van der Waals surface area contributed by atoms with Gasteiger partial charge in [0.25, 0.3) is 5.91 Å². The average Bonchev–Trinajstić information content (AvgIpc) is 3.00. The molecule has 0 spiro atoms. The van der Waals surface area contributed by atoms with Gasteiger partial charge in [0, 0.05) is 27.7 Å². The van der Waals surface area contributed by atoms with Crippen LogP contribution in [0, 0.1) is 0 Å². The van der Waals surface area contributed by atoms with E-state index in [1.54, 1.807) is 34.4 Å². The highest BCUT2D eigenvalue weighted by Gasteiger charge is 2.19. The molecule has 0 bridgehead atoms. The van der Waals surface area contributed by atoms with Crippen molar-refractivity contribution in [2.24, 2.45) is 0 Å². The van der Waals surface area contributed by atoms with E-state index in [2.05, 4.69) is 0 Å². The summed E-state index contributed by atoms with van der Waals surface area (Å²) in [6, 6.07) is 10.8. The molecular weight excluding hydrogens is 290 g/mol. The number of benzene rings is 1. The maximum Gasteiger partial charge on any atom is 0.268 e. The molecule has 3 rings (SSSR count). The Labute approximate surface area is 124 Å². The molecule has 3 aromatic rings. The van der Waals surface area contributed by atoms with E-state index in [0.717, 1.165) is 14.3 Å². The summed E-state index contributed by atoms with van der Waals surface area (Å²) in [6.45, 7) is 2.49. The molecule has 0 aliphatic rings. The van der Waals surface area contributed by atoms with Crippen molar-refractivity contribution in [2.75, 3.05) is 11.4 Å². The summed E-state index contributed by atoms with van der Waals surface area (Å²) in [5.74, 6) is 0.146. The van der Waals surface area contributed by atoms with Crippen LogP contribution in [-0.4, -0.2) is 17.6 Å². The molecule has 0 unspecified atom stereocenters. The standard InChI is InChI=1S/C15H13NO2S2/c1-2-16(10-4-3-5-11(17)8-10)15(18)14-9-13-12(20-14)6-7-19-13/h3-9,17H,2H2,1H3. The van der Waals surface area contributed by atoms with E-state index in [4.69, 9.17) is 0 Å². The van der Waals surface area contributed by atoms with Crippen LogP contribution in [0.1, 0.15) is 16.6 Å². The summed E-state index contributed by atoms with van der Waals surface area (Å²) >= 11 is 3.15. The van der Waals surface area contributed by atoms with Gasteiger partial charge in [0.1, 0.15) is 5.75 Å². The van der Waals surface area contributed by atoms with Gasteiger partial charge in [-0.25, -0.2) is 0 Å². The molecule has 0 fully saturated rings. The largest absolute Gasteiger partial charge is 0.508 e. The number of phenolic OH excluding ortho intramolecular Hbond substituents is 1. The van der Waals surface area contributed by atoms with Gasteiger partial charge >= 0.3 is 0 Å². The van der Waals surface area contributed by atoms with E-state index in [1.807, 2.05) is 30.5 Å². The predicted molar refractivity (Wildman–Crippen MR) is 85.2 cm³/mol. The van der Waals surface area contributed by atoms with Crippen LogP contribution in [0.15, 0.2) is 41.8 Å². The lowest BCUT2D eigenvalue weighted by molar-refractivity contribution is 0.0992. The van der Waals surface area contributed by atoms with Crippen molar-refractivity contribution in [1.82, 2.24) is 0 Å². The van der Waals surface area contributed by atoms with Crippen LogP contribution in [0.4, 0.5) is 5.69 Å². The minimum absolute atomic E-state index is 0.0218. The molecule has 102 valence electrons. The van der Waals surface area contributed by atoms with Gasteiger partial charge in [-0.15, -0.1) is 22.7 Å². The van der Waals surface area contributed by atoms with Gasteiger partial charge < -0.3 is 10.0 Å². The van der Waals surface area contributed by atoms with Crippen molar-refractivity contribution in [2.45, 2.75) is 6.92 Å². The molecule has 0 saturated carbocycles. The second-order valence-corrected chi connectivity index (χ2v) is 6.36. The highest BCUT2D eigenvalue weighted by Crippen LogP contribution is 2.32. The first-order valence-electron chi connectivity index (χ1n) is 6.27. The van der Waals surface area contributed by atoms with E-state index >= 15 is 0 Å². The number of hydrogen-bond donors (Lipinski definition) is 1. The summed E-state index contributed by atoms with van der Waals surface area (Å²) in [7, 11) is 0. The normalized spacial score (nSPS) is 10.8. The maximum atomic E-state index is 12.6. The molecule has 2 heterocycles. The SMILES string of the molecule is CCN(C(=O)c1cc2sccc2s1)c1cccc(O)c1. The molecule has 0 aliphatic carbocycles. The van der Waals surface area contributed by atoms with Crippen LogP contribution in [0.2, 0.25) is 0 Å². The summed E-state index contributed by atoms with van der Waals surface area (Å²) in [5, 5.41) is 11.6. The van der Waals surface area contributed by atoms with Gasteiger partial charge in [-0.1, -0.05) is 6.07 Å². The molecule has 1 aromatic carbocycles. The van der Waals surface area contributed by atoms with Crippen LogP contribution in [0.5, 0.6) is 5.75 Å². The molecule has 1 N–H and O–H groups in total. The molecule has 0 saturated heterocycles. The number of carbonyl (C=O) groups is 1. The molecule has 3 nitrogen and oxygen atoms in total. The van der Waals surface area contributed by atoms with Gasteiger partial charge in [0.05, 0.1) is 4.88 Å². The number of phenols is 1. The lowest BCUT2D eigenvalue weighted by Gasteiger charge is -2.20. The van der Waals surface area contributed by atoms with Gasteiger partial charge in [0.15, 0.2) is 0 Å². The number of amides is 1. The van der Waals surface area contributed by atoms with Crippen molar-refractivity contribution in [1.29, 1.82) is 0 Å². The first kappa shape index (κ1) is 13.1. The number of fused-ring (bicyclic) bond motifs is 1. The third kappa shape index (κ3) is 2.30. The molecular formula is C15H13NO2S2. The topological polar surface area (TPSA) is 40.5 Å². The molecule has 1 amide bonds. The maximum absolute atomic E-state index is 12.6. The van der Waals surface area contributed by atoms with Crippen LogP contribution >= 0.6 is 22.7 Å². The fourth-order valence-electron chi connectivity index (χ4n) is 2.11. The number of hydrogen-bond acceptors (Lipinski definition) is 4. The zero-order valence-electron chi connectivity index (χ0n) is 10.9. The number of carbonyl (C=O) groups excluding carboxylic acids is 1. The number of aromatic hydroxyl groups is 1. The second-order valence-electron chi connectivity index (χ2n) is 4.33. The fraction of sp³-hybridized carbons (Fsp3) is 0.133. The minimum atomic E-state index is -0.0218. The lowest BCUT2D eigenvalue weighted by Crippen LogP contribution is -2.29. The molecule has 5 heteroatoms. The number of nitrogens with zero attached hydrogens (tertiary/aromatic N) is 1. The van der Waals surface area contributed by atoms with Crippen molar-refractivity contribution >= 4 is 43.7 Å².